The summed E-state index contributed by atoms with van der Waals surface area (Å²) in [4.78, 5) is 32.0. The highest BCUT2D eigenvalue weighted by Gasteiger charge is 2.34. The molecule has 0 saturated heterocycles. The van der Waals surface area contributed by atoms with Crippen molar-refractivity contribution in [3.8, 4) is 23.0 Å². The van der Waals surface area contributed by atoms with E-state index in [9.17, 15) is 9.59 Å². The Kier molecular flexibility index (Phi) is 6.99. The van der Waals surface area contributed by atoms with E-state index in [2.05, 4.69) is 27.6 Å². The molecule has 11 heteroatoms. The summed E-state index contributed by atoms with van der Waals surface area (Å²) in [7, 11) is 3.15. The van der Waals surface area contributed by atoms with Gasteiger partial charge in [-0.2, -0.15) is 0 Å². The molecule has 0 saturated carbocycles. The van der Waals surface area contributed by atoms with Crippen molar-refractivity contribution in [1.82, 2.24) is 4.57 Å². The van der Waals surface area contributed by atoms with Gasteiger partial charge in [-0.3, -0.25) is 9.36 Å². The molecule has 3 aromatic rings. The number of halogens is 1. The molecule has 0 aliphatic carbocycles. The van der Waals surface area contributed by atoms with Crippen molar-refractivity contribution in [2.24, 2.45) is 4.99 Å². The molecule has 37 heavy (non-hydrogen) atoms. The van der Waals surface area contributed by atoms with Crippen LogP contribution in [0.5, 0.6) is 23.0 Å². The van der Waals surface area contributed by atoms with Crippen molar-refractivity contribution in [3.05, 3.63) is 76.0 Å². The fraction of sp³-hybridized carbons (Fsp3) is 0.269. The molecule has 2 aromatic carbocycles. The van der Waals surface area contributed by atoms with Gasteiger partial charge in [0, 0.05) is 0 Å². The molecule has 9 nitrogen and oxygen atoms in total. The van der Waals surface area contributed by atoms with Crippen LogP contribution in [0.4, 0.5) is 0 Å². The summed E-state index contributed by atoms with van der Waals surface area (Å²) in [6, 6.07) is 8.37. The molecule has 2 aliphatic heterocycles. The van der Waals surface area contributed by atoms with E-state index in [-0.39, 0.29) is 19.0 Å². The van der Waals surface area contributed by atoms with E-state index >= 15 is 0 Å². The number of ether oxygens (including phenoxy) is 5. The Morgan fingerprint density at radius 1 is 1.22 bits per heavy atom. The van der Waals surface area contributed by atoms with Crippen molar-refractivity contribution in [3.63, 3.8) is 0 Å². The van der Waals surface area contributed by atoms with Gasteiger partial charge in [-0.05, 0) is 77.9 Å². The van der Waals surface area contributed by atoms with Gasteiger partial charge in [0.25, 0.3) is 5.56 Å². The van der Waals surface area contributed by atoms with E-state index in [0.29, 0.717) is 49.2 Å². The van der Waals surface area contributed by atoms with Crippen molar-refractivity contribution in [2.45, 2.75) is 19.9 Å². The Balaban J connectivity index is 1.71. The third-order valence-electron chi connectivity index (χ3n) is 5.98. The van der Waals surface area contributed by atoms with E-state index in [4.69, 9.17) is 23.7 Å². The lowest BCUT2D eigenvalue weighted by molar-refractivity contribution is -0.139. The third-order valence-corrected chi connectivity index (χ3v) is 7.77. The van der Waals surface area contributed by atoms with E-state index in [1.54, 1.807) is 50.8 Å². The molecule has 5 rings (SSSR count). The molecule has 3 heterocycles. The number of benzene rings is 2. The van der Waals surface area contributed by atoms with Gasteiger partial charge < -0.3 is 23.7 Å². The summed E-state index contributed by atoms with van der Waals surface area (Å²) in [5, 5.41) is 0. The first kappa shape index (κ1) is 25.3. The number of esters is 1. The number of thiazole rings is 1. The van der Waals surface area contributed by atoms with Gasteiger partial charge in [0.15, 0.2) is 27.8 Å². The number of nitrogens with zero attached hydrogens (tertiary/aromatic N) is 2. The maximum Gasteiger partial charge on any atom is 0.338 e. The fourth-order valence-corrected chi connectivity index (χ4v) is 6.25. The topological polar surface area (TPSA) is 97.6 Å². The van der Waals surface area contributed by atoms with Gasteiger partial charge in [-0.15, -0.1) is 0 Å². The SMILES string of the molecule is CCOC(=O)C1=C(C)N=c2s/c(=C\c3cc(I)c(OC)c(OC)c3)c(=O)n2[C@H]1c1ccc2c(c1)OCO2. The third kappa shape index (κ3) is 4.50. The van der Waals surface area contributed by atoms with Crippen LogP contribution < -0.4 is 33.8 Å². The van der Waals surface area contributed by atoms with Crippen molar-refractivity contribution >= 4 is 46.0 Å². The molecule has 1 aromatic heterocycles. The monoisotopic (exact) mass is 634 g/mol. The van der Waals surface area contributed by atoms with Crippen LogP contribution in [0.3, 0.4) is 0 Å². The summed E-state index contributed by atoms with van der Waals surface area (Å²) >= 11 is 3.42. The molecule has 0 radical (unpaired) electrons. The lowest BCUT2D eigenvalue weighted by Crippen LogP contribution is -2.39. The number of methoxy groups -OCH3 is 2. The van der Waals surface area contributed by atoms with Crippen molar-refractivity contribution in [2.75, 3.05) is 27.6 Å². The summed E-state index contributed by atoms with van der Waals surface area (Å²) in [5.74, 6) is 1.83. The van der Waals surface area contributed by atoms with Crippen LogP contribution in [0.25, 0.3) is 6.08 Å². The number of carbonyl (C=O) groups excluding carboxylic acids is 1. The molecule has 1 atom stereocenters. The number of hydrogen-bond acceptors (Lipinski definition) is 9. The minimum Gasteiger partial charge on any atom is -0.493 e. The summed E-state index contributed by atoms with van der Waals surface area (Å²) in [6.07, 6.45) is 1.79. The van der Waals surface area contributed by atoms with Gasteiger partial charge >= 0.3 is 5.97 Å². The lowest BCUT2D eigenvalue weighted by Gasteiger charge is -2.24. The van der Waals surface area contributed by atoms with E-state index in [0.717, 1.165) is 9.13 Å². The summed E-state index contributed by atoms with van der Waals surface area (Å²) in [6.45, 7) is 3.81. The summed E-state index contributed by atoms with van der Waals surface area (Å²) in [5.41, 5.74) is 1.99. The highest BCUT2D eigenvalue weighted by molar-refractivity contribution is 14.1. The second-order valence-corrected chi connectivity index (χ2v) is 10.3. The quantitative estimate of drug-likeness (QED) is 0.304. The molecule has 192 valence electrons. The Hall–Kier alpha value is -3.32. The summed E-state index contributed by atoms with van der Waals surface area (Å²) < 4.78 is 30.1. The molecular weight excluding hydrogens is 611 g/mol. The standard InChI is InChI=1S/C26H23IN2O7S/c1-5-34-25(31)21-13(2)28-26-29(22(21)15-6-7-17-18(11-15)36-12-35-17)24(30)20(37-26)10-14-8-16(27)23(33-4)19(9-14)32-3/h6-11,22H,5,12H2,1-4H3/b20-10-/t22-/m0/s1. The lowest BCUT2D eigenvalue weighted by atomic mass is 9.95. The number of allylic oxidation sites excluding steroid dienone is 1. The van der Waals surface area contributed by atoms with Crippen LogP contribution in [0.1, 0.15) is 31.0 Å². The van der Waals surface area contributed by atoms with Crippen molar-refractivity contribution < 1.29 is 28.5 Å². The first-order chi connectivity index (χ1) is 17.9. The molecule has 2 aliphatic rings. The van der Waals surface area contributed by atoms with Crippen LogP contribution in [0.15, 0.2) is 51.4 Å². The van der Waals surface area contributed by atoms with E-state index < -0.39 is 12.0 Å². The van der Waals surface area contributed by atoms with Gasteiger partial charge in [-0.1, -0.05) is 17.4 Å². The van der Waals surface area contributed by atoms with Crippen molar-refractivity contribution in [1.29, 1.82) is 0 Å². The fourth-order valence-electron chi connectivity index (χ4n) is 4.36. The number of carbonyl (C=O) groups is 1. The largest absolute Gasteiger partial charge is 0.493 e. The Morgan fingerprint density at radius 3 is 2.73 bits per heavy atom. The Bertz CT molecular complexity index is 1620. The van der Waals surface area contributed by atoms with Crippen LogP contribution in [0.2, 0.25) is 0 Å². The molecule has 0 amide bonds. The number of aromatic nitrogens is 1. The maximum atomic E-state index is 13.8. The zero-order chi connectivity index (χ0) is 26.3. The first-order valence-electron chi connectivity index (χ1n) is 11.4. The Morgan fingerprint density at radius 2 is 2.00 bits per heavy atom. The van der Waals surface area contributed by atoms with Crippen LogP contribution >= 0.6 is 33.9 Å². The van der Waals surface area contributed by atoms with Gasteiger partial charge in [-0.25, -0.2) is 9.79 Å². The number of rotatable bonds is 6. The maximum absolute atomic E-state index is 13.8. The van der Waals surface area contributed by atoms with Crippen LogP contribution in [0, 0.1) is 3.57 Å². The van der Waals surface area contributed by atoms with Gasteiger partial charge in [0.1, 0.15) is 0 Å². The van der Waals surface area contributed by atoms with Crippen LogP contribution in [-0.2, 0) is 9.53 Å². The second kappa shape index (κ2) is 10.2. The minimum atomic E-state index is -0.738. The molecule has 0 bridgehead atoms. The predicted molar refractivity (Wildman–Crippen MR) is 145 cm³/mol. The molecule has 0 unspecified atom stereocenters. The zero-order valence-corrected chi connectivity index (χ0v) is 23.5. The average molecular weight is 634 g/mol. The molecule has 0 N–H and O–H groups in total. The predicted octanol–water partition coefficient (Wildman–Crippen LogP) is 3.15. The molecule has 0 fully saturated rings. The zero-order valence-electron chi connectivity index (χ0n) is 20.5. The van der Waals surface area contributed by atoms with E-state index in [1.165, 1.54) is 11.3 Å². The first-order valence-corrected chi connectivity index (χ1v) is 13.3. The van der Waals surface area contributed by atoms with E-state index in [1.807, 2.05) is 18.2 Å². The number of fused-ring (bicyclic) bond motifs is 2. The van der Waals surface area contributed by atoms with Crippen LogP contribution in [-0.4, -0.2) is 38.2 Å². The number of hydrogen-bond donors (Lipinski definition) is 0. The highest BCUT2D eigenvalue weighted by atomic mass is 127. The van der Waals surface area contributed by atoms with Gasteiger partial charge in [0.2, 0.25) is 6.79 Å². The molecular formula is C26H23IN2O7S. The average Bonchev–Trinajstić information content (AvgIpc) is 3.46. The smallest absolute Gasteiger partial charge is 0.338 e. The minimum absolute atomic E-state index is 0.116. The molecule has 0 spiro atoms. The Labute approximate surface area is 229 Å². The van der Waals surface area contributed by atoms with Gasteiger partial charge in [0.05, 0.1) is 46.2 Å². The second-order valence-electron chi connectivity index (χ2n) is 8.15. The highest BCUT2D eigenvalue weighted by Crippen LogP contribution is 2.38. The normalized spacial score (nSPS) is 16.4.